The lowest BCUT2D eigenvalue weighted by Gasteiger charge is -2.25. The molecule has 4 N–H and O–H groups in total. The molecule has 0 bridgehead atoms. The summed E-state index contributed by atoms with van der Waals surface area (Å²) in [5.41, 5.74) is 2.21. The van der Waals surface area contributed by atoms with E-state index in [1.165, 1.54) is 38.6 Å². The van der Waals surface area contributed by atoms with Crippen molar-refractivity contribution in [2.45, 2.75) is 19.1 Å². The summed E-state index contributed by atoms with van der Waals surface area (Å²) < 4.78 is 0. The number of nitrogens with one attached hydrogen (secondary N) is 2. The zero-order chi connectivity index (χ0) is 18.3. The molecule has 0 spiro atoms. The lowest BCUT2D eigenvalue weighted by molar-refractivity contribution is -0.140. The SMILES string of the molecule is CNC(=O)C(C(=O)NO)N(C)C(=O)c1ccc(C#CC(C)O)cc1. The summed E-state index contributed by atoms with van der Waals surface area (Å²) in [7, 11) is 2.59. The van der Waals surface area contributed by atoms with Gasteiger partial charge in [-0.15, -0.1) is 0 Å². The maximum atomic E-state index is 12.4. The van der Waals surface area contributed by atoms with Gasteiger partial charge in [-0.3, -0.25) is 19.6 Å². The second-order valence-corrected chi connectivity index (χ2v) is 4.93. The second-order valence-electron chi connectivity index (χ2n) is 4.93. The molecule has 0 heterocycles. The minimum Gasteiger partial charge on any atom is -0.381 e. The molecule has 0 aliphatic carbocycles. The van der Waals surface area contributed by atoms with Crippen LogP contribution in [0.4, 0.5) is 0 Å². The minimum atomic E-state index is -1.51. The maximum absolute atomic E-state index is 12.4. The Morgan fingerprint density at radius 1 is 1.17 bits per heavy atom. The lowest BCUT2D eigenvalue weighted by Crippen LogP contribution is -2.54. The van der Waals surface area contributed by atoms with Gasteiger partial charge in [0.25, 0.3) is 17.7 Å². The predicted molar refractivity (Wildman–Crippen MR) is 84.9 cm³/mol. The van der Waals surface area contributed by atoms with E-state index in [4.69, 9.17) is 10.3 Å². The van der Waals surface area contributed by atoms with Crippen LogP contribution in [0.1, 0.15) is 22.8 Å². The summed E-state index contributed by atoms with van der Waals surface area (Å²) in [4.78, 5) is 36.7. The monoisotopic (exact) mass is 333 g/mol. The number of likely N-dealkylation sites (N-methyl/N-ethyl adjacent to an activating group) is 2. The predicted octanol–water partition coefficient (Wildman–Crippen LogP) is -0.889. The van der Waals surface area contributed by atoms with E-state index in [0.717, 1.165) is 4.90 Å². The molecule has 0 fully saturated rings. The molecule has 8 heteroatoms. The fourth-order valence-corrected chi connectivity index (χ4v) is 1.87. The highest BCUT2D eigenvalue weighted by molar-refractivity contribution is 6.08. The quantitative estimate of drug-likeness (QED) is 0.247. The van der Waals surface area contributed by atoms with Gasteiger partial charge in [0, 0.05) is 25.2 Å². The molecule has 8 nitrogen and oxygen atoms in total. The van der Waals surface area contributed by atoms with E-state index in [0.29, 0.717) is 5.56 Å². The Morgan fingerprint density at radius 2 is 1.75 bits per heavy atom. The summed E-state index contributed by atoms with van der Waals surface area (Å²) in [6, 6.07) is 4.63. The first-order valence-electron chi connectivity index (χ1n) is 7.04. The maximum Gasteiger partial charge on any atom is 0.275 e. The molecule has 0 aromatic heterocycles. The van der Waals surface area contributed by atoms with E-state index in [1.54, 1.807) is 12.1 Å². The third-order valence-corrected chi connectivity index (χ3v) is 3.12. The van der Waals surface area contributed by atoms with Crippen molar-refractivity contribution in [3.05, 3.63) is 35.4 Å². The van der Waals surface area contributed by atoms with Crippen LogP contribution in [-0.2, 0) is 9.59 Å². The minimum absolute atomic E-state index is 0.236. The van der Waals surface area contributed by atoms with Crippen LogP contribution in [0.2, 0.25) is 0 Å². The zero-order valence-corrected chi connectivity index (χ0v) is 13.5. The number of nitrogens with zero attached hydrogens (tertiary/aromatic N) is 1. The van der Waals surface area contributed by atoms with Crippen LogP contribution >= 0.6 is 0 Å². The van der Waals surface area contributed by atoms with Crippen molar-refractivity contribution in [1.29, 1.82) is 0 Å². The number of hydrogen-bond acceptors (Lipinski definition) is 5. The molecule has 0 saturated heterocycles. The van der Waals surface area contributed by atoms with Crippen molar-refractivity contribution in [3.8, 4) is 11.8 Å². The molecule has 1 aromatic carbocycles. The fourth-order valence-electron chi connectivity index (χ4n) is 1.87. The standard InChI is InChI=1S/C16H19N3O5/c1-10(20)4-5-11-6-8-12(9-7-11)16(23)19(3)13(14(21)17-2)15(22)18-24/h6-10,13,20,24H,1-3H3,(H,17,21)(H,18,22). The molecule has 128 valence electrons. The number of hydrogen-bond donors (Lipinski definition) is 4. The van der Waals surface area contributed by atoms with Crippen LogP contribution < -0.4 is 10.8 Å². The number of amides is 3. The normalized spacial score (nSPS) is 12.2. The summed E-state index contributed by atoms with van der Waals surface area (Å²) in [6.07, 6.45) is -0.761. The van der Waals surface area contributed by atoms with E-state index in [9.17, 15) is 14.4 Å². The summed E-state index contributed by atoms with van der Waals surface area (Å²) in [5.74, 6) is 2.96. The smallest absolute Gasteiger partial charge is 0.275 e. The molecule has 24 heavy (non-hydrogen) atoms. The van der Waals surface area contributed by atoms with Gasteiger partial charge in [-0.1, -0.05) is 11.8 Å². The van der Waals surface area contributed by atoms with Crippen LogP contribution in [0.25, 0.3) is 0 Å². The number of carbonyl (C=O) groups excluding carboxylic acids is 3. The highest BCUT2D eigenvalue weighted by Crippen LogP contribution is 2.09. The van der Waals surface area contributed by atoms with Gasteiger partial charge in [0.2, 0.25) is 0 Å². The first-order valence-corrected chi connectivity index (χ1v) is 7.04. The number of benzene rings is 1. The molecule has 1 rings (SSSR count). The van der Waals surface area contributed by atoms with Crippen molar-refractivity contribution in [2.75, 3.05) is 14.1 Å². The molecule has 1 aromatic rings. The third-order valence-electron chi connectivity index (χ3n) is 3.12. The number of rotatable bonds is 4. The Morgan fingerprint density at radius 3 is 2.21 bits per heavy atom. The van der Waals surface area contributed by atoms with E-state index in [-0.39, 0.29) is 5.56 Å². The number of aliphatic hydroxyl groups is 1. The fraction of sp³-hybridized carbons (Fsp3) is 0.312. The Bertz CT molecular complexity index is 657. The van der Waals surface area contributed by atoms with E-state index in [1.807, 2.05) is 0 Å². The first-order chi connectivity index (χ1) is 11.3. The van der Waals surface area contributed by atoms with Gasteiger partial charge in [-0.2, -0.15) is 0 Å². The van der Waals surface area contributed by atoms with E-state index in [2.05, 4.69) is 17.2 Å². The van der Waals surface area contributed by atoms with Crippen LogP contribution in [0.3, 0.4) is 0 Å². The largest absolute Gasteiger partial charge is 0.381 e. The summed E-state index contributed by atoms with van der Waals surface area (Å²) in [5, 5.41) is 20.1. The van der Waals surface area contributed by atoms with Gasteiger partial charge in [0.15, 0.2) is 6.04 Å². The third kappa shape index (κ3) is 4.81. The van der Waals surface area contributed by atoms with Gasteiger partial charge in [0.05, 0.1) is 0 Å². The van der Waals surface area contributed by atoms with Gasteiger partial charge in [-0.25, -0.2) is 5.48 Å². The molecule has 0 saturated carbocycles. The zero-order valence-electron chi connectivity index (χ0n) is 13.5. The topological polar surface area (TPSA) is 119 Å². The van der Waals surface area contributed by atoms with Crippen LogP contribution in [-0.4, -0.2) is 59.2 Å². The molecule has 3 amide bonds. The lowest BCUT2D eigenvalue weighted by atomic mass is 10.1. The molecule has 0 radical (unpaired) electrons. The summed E-state index contributed by atoms with van der Waals surface area (Å²) >= 11 is 0. The van der Waals surface area contributed by atoms with Crippen LogP contribution in [0.15, 0.2) is 24.3 Å². The number of hydroxylamine groups is 1. The Balaban J connectivity index is 3.01. The number of aliphatic hydroxyl groups excluding tert-OH is 1. The highest BCUT2D eigenvalue weighted by Gasteiger charge is 2.33. The van der Waals surface area contributed by atoms with Crippen molar-refractivity contribution >= 4 is 17.7 Å². The van der Waals surface area contributed by atoms with Gasteiger partial charge in [-0.05, 0) is 31.2 Å². The van der Waals surface area contributed by atoms with Crippen molar-refractivity contribution < 1.29 is 24.7 Å². The number of carbonyl (C=O) groups is 3. The Hall–Kier alpha value is -2.89. The van der Waals surface area contributed by atoms with Crippen molar-refractivity contribution in [1.82, 2.24) is 15.7 Å². The van der Waals surface area contributed by atoms with Gasteiger partial charge < -0.3 is 15.3 Å². The Kier molecular flexibility index (Phi) is 6.92. The molecule has 2 unspecified atom stereocenters. The molecule has 0 aliphatic rings. The van der Waals surface area contributed by atoms with Crippen LogP contribution in [0, 0.1) is 11.8 Å². The molecule has 2 atom stereocenters. The average molecular weight is 333 g/mol. The van der Waals surface area contributed by atoms with Gasteiger partial charge in [0.1, 0.15) is 6.10 Å². The van der Waals surface area contributed by atoms with Crippen molar-refractivity contribution in [2.24, 2.45) is 0 Å². The van der Waals surface area contributed by atoms with Gasteiger partial charge >= 0.3 is 0 Å². The molecule has 0 aliphatic heterocycles. The van der Waals surface area contributed by atoms with Crippen LogP contribution in [0.5, 0.6) is 0 Å². The Labute approximate surface area is 139 Å². The highest BCUT2D eigenvalue weighted by atomic mass is 16.5. The van der Waals surface area contributed by atoms with E-state index < -0.39 is 29.9 Å². The second kappa shape index (κ2) is 8.67. The first kappa shape index (κ1) is 19.2. The molecular formula is C16H19N3O5. The molecular weight excluding hydrogens is 314 g/mol. The van der Waals surface area contributed by atoms with E-state index >= 15 is 0 Å². The van der Waals surface area contributed by atoms with Crippen molar-refractivity contribution in [3.63, 3.8) is 0 Å². The average Bonchev–Trinajstić information content (AvgIpc) is 2.59. The summed E-state index contributed by atoms with van der Waals surface area (Å²) in [6.45, 7) is 1.53.